The van der Waals surface area contributed by atoms with E-state index in [0.717, 1.165) is 22.7 Å². The SMILES string of the molecule is CCC(C)C(C(=O)Cc1nc(C)cs1)c1ccccc1. The molecule has 1 heterocycles. The van der Waals surface area contributed by atoms with Crippen LogP contribution < -0.4 is 0 Å². The van der Waals surface area contributed by atoms with Crippen molar-refractivity contribution in [3.8, 4) is 0 Å². The fraction of sp³-hybridized carbons (Fsp3) is 0.412. The molecule has 2 nitrogen and oxygen atoms in total. The lowest BCUT2D eigenvalue weighted by molar-refractivity contribution is -0.120. The van der Waals surface area contributed by atoms with Gasteiger partial charge in [0.25, 0.3) is 0 Å². The number of Topliss-reactive ketones (excluding diaryl/α,β-unsaturated/α-hetero) is 1. The highest BCUT2D eigenvalue weighted by atomic mass is 32.1. The van der Waals surface area contributed by atoms with Crippen molar-refractivity contribution in [2.45, 2.75) is 39.5 Å². The fourth-order valence-electron chi connectivity index (χ4n) is 2.47. The third kappa shape index (κ3) is 3.54. The smallest absolute Gasteiger partial charge is 0.147 e. The Morgan fingerprint density at radius 1 is 1.30 bits per heavy atom. The standard InChI is InChI=1S/C17H21NOS/c1-4-12(2)17(14-8-6-5-7-9-14)15(19)10-16-18-13(3)11-20-16/h5-9,11-12,17H,4,10H2,1-3H3. The second kappa shape index (κ2) is 6.80. The summed E-state index contributed by atoms with van der Waals surface area (Å²) in [6.45, 7) is 6.26. The Kier molecular flexibility index (Phi) is 5.07. The zero-order valence-corrected chi connectivity index (χ0v) is 13.1. The highest BCUT2D eigenvalue weighted by Gasteiger charge is 2.26. The van der Waals surface area contributed by atoms with Gasteiger partial charge < -0.3 is 0 Å². The largest absolute Gasteiger partial charge is 0.299 e. The second-order valence-electron chi connectivity index (χ2n) is 5.30. The van der Waals surface area contributed by atoms with Crippen LogP contribution in [0.3, 0.4) is 0 Å². The topological polar surface area (TPSA) is 30.0 Å². The van der Waals surface area contributed by atoms with Gasteiger partial charge in [0, 0.05) is 17.0 Å². The Hall–Kier alpha value is -1.48. The number of hydrogen-bond acceptors (Lipinski definition) is 3. The van der Waals surface area contributed by atoms with Gasteiger partial charge in [-0.05, 0) is 18.4 Å². The zero-order chi connectivity index (χ0) is 14.5. The minimum Gasteiger partial charge on any atom is -0.299 e. The molecule has 20 heavy (non-hydrogen) atoms. The number of thiazole rings is 1. The maximum Gasteiger partial charge on any atom is 0.147 e. The summed E-state index contributed by atoms with van der Waals surface area (Å²) in [7, 11) is 0. The van der Waals surface area contributed by atoms with Gasteiger partial charge in [0.1, 0.15) is 10.8 Å². The van der Waals surface area contributed by atoms with Crippen LogP contribution >= 0.6 is 11.3 Å². The van der Waals surface area contributed by atoms with Crippen molar-refractivity contribution in [3.05, 3.63) is 52.0 Å². The number of aryl methyl sites for hydroxylation is 1. The minimum atomic E-state index is -0.0228. The van der Waals surface area contributed by atoms with Crippen LogP contribution in [0.15, 0.2) is 35.7 Å². The summed E-state index contributed by atoms with van der Waals surface area (Å²) < 4.78 is 0. The number of aromatic nitrogens is 1. The van der Waals surface area contributed by atoms with E-state index < -0.39 is 0 Å². The van der Waals surface area contributed by atoms with Crippen LogP contribution in [-0.2, 0) is 11.2 Å². The van der Waals surface area contributed by atoms with Crippen molar-refractivity contribution in [1.82, 2.24) is 4.98 Å². The maximum atomic E-state index is 12.7. The van der Waals surface area contributed by atoms with Crippen molar-refractivity contribution >= 4 is 17.1 Å². The number of rotatable bonds is 6. The average Bonchev–Trinajstić information content (AvgIpc) is 2.85. The molecule has 0 aliphatic rings. The second-order valence-corrected chi connectivity index (χ2v) is 6.24. The van der Waals surface area contributed by atoms with E-state index in [2.05, 4.69) is 31.0 Å². The van der Waals surface area contributed by atoms with E-state index in [4.69, 9.17) is 0 Å². The van der Waals surface area contributed by atoms with Gasteiger partial charge >= 0.3 is 0 Å². The molecule has 2 rings (SSSR count). The maximum absolute atomic E-state index is 12.7. The third-order valence-corrected chi connectivity index (χ3v) is 4.68. The number of carbonyl (C=O) groups excluding carboxylic acids is 1. The molecule has 0 amide bonds. The molecule has 2 unspecified atom stereocenters. The molecule has 0 aliphatic heterocycles. The monoisotopic (exact) mass is 287 g/mol. The van der Waals surface area contributed by atoms with E-state index in [1.54, 1.807) is 11.3 Å². The Balaban J connectivity index is 2.20. The van der Waals surface area contributed by atoms with Crippen LogP contribution in [0.2, 0.25) is 0 Å². The number of ketones is 1. The van der Waals surface area contributed by atoms with Gasteiger partial charge in [0.15, 0.2) is 0 Å². The Labute approximate surface area is 124 Å². The first-order valence-corrected chi connectivity index (χ1v) is 7.98. The van der Waals surface area contributed by atoms with Crippen molar-refractivity contribution in [2.24, 2.45) is 5.92 Å². The molecule has 3 heteroatoms. The van der Waals surface area contributed by atoms with Gasteiger partial charge in [-0.2, -0.15) is 0 Å². The quantitative estimate of drug-likeness (QED) is 0.788. The molecule has 1 aromatic carbocycles. The number of carbonyl (C=O) groups is 1. The molecule has 0 bridgehead atoms. The average molecular weight is 287 g/mol. The van der Waals surface area contributed by atoms with Crippen LogP contribution in [0.25, 0.3) is 0 Å². The highest BCUT2D eigenvalue weighted by Crippen LogP contribution is 2.29. The van der Waals surface area contributed by atoms with Gasteiger partial charge in [-0.15, -0.1) is 11.3 Å². The molecule has 0 saturated heterocycles. The number of hydrogen-bond donors (Lipinski definition) is 0. The normalized spacial score (nSPS) is 13.9. The summed E-state index contributed by atoms with van der Waals surface area (Å²) in [5, 5.41) is 2.93. The number of benzene rings is 1. The van der Waals surface area contributed by atoms with E-state index in [1.807, 2.05) is 30.5 Å². The van der Waals surface area contributed by atoms with E-state index in [9.17, 15) is 4.79 Å². The first-order chi connectivity index (χ1) is 9.61. The predicted octanol–water partition coefficient (Wildman–Crippen LogP) is 4.39. The minimum absolute atomic E-state index is 0.0228. The lowest BCUT2D eigenvalue weighted by Gasteiger charge is -2.22. The molecule has 0 radical (unpaired) electrons. The molecule has 0 N–H and O–H groups in total. The molecule has 0 saturated carbocycles. The van der Waals surface area contributed by atoms with Gasteiger partial charge in [0.2, 0.25) is 0 Å². The van der Waals surface area contributed by atoms with Crippen molar-refractivity contribution < 1.29 is 4.79 Å². The number of nitrogens with zero attached hydrogens (tertiary/aromatic N) is 1. The lowest BCUT2D eigenvalue weighted by Crippen LogP contribution is -2.21. The molecule has 2 aromatic rings. The third-order valence-electron chi connectivity index (χ3n) is 3.71. The Morgan fingerprint density at radius 2 is 2.00 bits per heavy atom. The lowest BCUT2D eigenvalue weighted by atomic mass is 9.81. The molecule has 0 aliphatic carbocycles. The summed E-state index contributed by atoms with van der Waals surface area (Å²) in [4.78, 5) is 17.1. The fourth-order valence-corrected chi connectivity index (χ4v) is 3.25. The van der Waals surface area contributed by atoms with E-state index in [1.165, 1.54) is 0 Å². The first kappa shape index (κ1) is 14.9. The highest BCUT2D eigenvalue weighted by molar-refractivity contribution is 7.09. The van der Waals surface area contributed by atoms with Crippen LogP contribution in [0.4, 0.5) is 0 Å². The molecule has 0 spiro atoms. The molecular formula is C17H21NOS. The van der Waals surface area contributed by atoms with E-state index >= 15 is 0 Å². The van der Waals surface area contributed by atoms with Crippen molar-refractivity contribution in [2.75, 3.05) is 0 Å². The van der Waals surface area contributed by atoms with Gasteiger partial charge in [-0.3, -0.25) is 4.79 Å². The molecular weight excluding hydrogens is 266 g/mol. The van der Waals surface area contributed by atoms with Gasteiger partial charge in [-0.25, -0.2) is 4.98 Å². The van der Waals surface area contributed by atoms with Gasteiger partial charge in [0.05, 0.1) is 6.42 Å². The van der Waals surface area contributed by atoms with E-state index in [0.29, 0.717) is 12.3 Å². The molecule has 2 atom stereocenters. The summed E-state index contributed by atoms with van der Waals surface area (Å²) in [6, 6.07) is 10.1. The Morgan fingerprint density at radius 3 is 2.55 bits per heavy atom. The molecule has 0 fully saturated rings. The van der Waals surface area contributed by atoms with E-state index in [-0.39, 0.29) is 11.7 Å². The van der Waals surface area contributed by atoms with Gasteiger partial charge in [-0.1, -0.05) is 50.6 Å². The summed E-state index contributed by atoms with van der Waals surface area (Å²) in [5.74, 6) is 0.608. The Bertz CT molecular complexity index is 561. The molecule has 106 valence electrons. The van der Waals surface area contributed by atoms with Crippen LogP contribution in [0.1, 0.15) is 42.5 Å². The molecule has 1 aromatic heterocycles. The summed E-state index contributed by atoms with van der Waals surface area (Å²) in [6.07, 6.45) is 1.45. The van der Waals surface area contributed by atoms with Crippen molar-refractivity contribution in [1.29, 1.82) is 0 Å². The summed E-state index contributed by atoms with van der Waals surface area (Å²) >= 11 is 1.58. The van der Waals surface area contributed by atoms with Crippen molar-refractivity contribution in [3.63, 3.8) is 0 Å². The first-order valence-electron chi connectivity index (χ1n) is 7.10. The summed E-state index contributed by atoms with van der Waals surface area (Å²) in [5.41, 5.74) is 2.12. The predicted molar refractivity (Wildman–Crippen MR) is 84.2 cm³/mol. The van der Waals surface area contributed by atoms with Crippen LogP contribution in [-0.4, -0.2) is 10.8 Å². The zero-order valence-electron chi connectivity index (χ0n) is 12.3. The van der Waals surface area contributed by atoms with Crippen LogP contribution in [0, 0.1) is 12.8 Å². The van der Waals surface area contributed by atoms with Crippen LogP contribution in [0.5, 0.6) is 0 Å².